The van der Waals surface area contributed by atoms with Gasteiger partial charge in [0.25, 0.3) is 5.91 Å². The van der Waals surface area contributed by atoms with Gasteiger partial charge in [-0.25, -0.2) is 0 Å². The SMILES string of the molecule is CCN(CC)C(=O)c1ccc(CNC(=NC)N2CCC3(CCOC3)C2)cc1.I. The van der Waals surface area contributed by atoms with E-state index in [4.69, 9.17) is 4.74 Å². The van der Waals surface area contributed by atoms with Gasteiger partial charge >= 0.3 is 0 Å². The number of hydrogen-bond donors (Lipinski definition) is 1. The van der Waals surface area contributed by atoms with E-state index < -0.39 is 0 Å². The minimum Gasteiger partial charge on any atom is -0.381 e. The van der Waals surface area contributed by atoms with E-state index in [-0.39, 0.29) is 29.9 Å². The Morgan fingerprint density at radius 3 is 2.54 bits per heavy atom. The molecule has 1 spiro atoms. The topological polar surface area (TPSA) is 57.2 Å². The number of guanidine groups is 1. The van der Waals surface area contributed by atoms with Crippen molar-refractivity contribution in [3.63, 3.8) is 0 Å². The molecule has 1 amide bonds. The van der Waals surface area contributed by atoms with Crippen LogP contribution >= 0.6 is 24.0 Å². The summed E-state index contributed by atoms with van der Waals surface area (Å²) < 4.78 is 5.62. The number of rotatable bonds is 5. The molecule has 0 aromatic heterocycles. The van der Waals surface area contributed by atoms with Crippen molar-refractivity contribution in [1.29, 1.82) is 0 Å². The highest BCUT2D eigenvalue weighted by Crippen LogP contribution is 2.38. The zero-order valence-corrected chi connectivity index (χ0v) is 19.6. The van der Waals surface area contributed by atoms with Crippen molar-refractivity contribution in [3.05, 3.63) is 35.4 Å². The summed E-state index contributed by atoms with van der Waals surface area (Å²) in [5.74, 6) is 1.04. The molecule has 2 aliphatic heterocycles. The van der Waals surface area contributed by atoms with Crippen molar-refractivity contribution in [2.24, 2.45) is 10.4 Å². The molecule has 1 aromatic rings. The van der Waals surface area contributed by atoms with E-state index in [0.717, 1.165) is 62.9 Å². The van der Waals surface area contributed by atoms with Crippen molar-refractivity contribution in [3.8, 4) is 0 Å². The summed E-state index contributed by atoms with van der Waals surface area (Å²) in [6.07, 6.45) is 2.33. The second-order valence-corrected chi connectivity index (χ2v) is 7.55. The Hall–Kier alpha value is -1.35. The molecule has 2 heterocycles. The van der Waals surface area contributed by atoms with Gasteiger partial charge in [-0.15, -0.1) is 24.0 Å². The minimum absolute atomic E-state index is 0. The minimum atomic E-state index is 0. The summed E-state index contributed by atoms with van der Waals surface area (Å²) in [6.45, 7) is 9.99. The molecular formula is C21H33IN4O2. The lowest BCUT2D eigenvalue weighted by molar-refractivity contribution is 0.0773. The van der Waals surface area contributed by atoms with E-state index in [1.807, 2.05) is 50.1 Å². The van der Waals surface area contributed by atoms with Crippen LogP contribution in [0, 0.1) is 5.41 Å². The summed E-state index contributed by atoms with van der Waals surface area (Å²) in [6, 6.07) is 7.88. The summed E-state index contributed by atoms with van der Waals surface area (Å²) in [5.41, 5.74) is 2.21. The van der Waals surface area contributed by atoms with Crippen LogP contribution in [0.3, 0.4) is 0 Å². The van der Waals surface area contributed by atoms with E-state index in [9.17, 15) is 4.79 Å². The number of nitrogens with zero attached hydrogens (tertiary/aromatic N) is 3. The number of ether oxygens (including phenoxy) is 1. The van der Waals surface area contributed by atoms with E-state index in [0.29, 0.717) is 12.0 Å². The quantitative estimate of drug-likeness (QED) is 0.384. The van der Waals surface area contributed by atoms with E-state index >= 15 is 0 Å². The molecule has 156 valence electrons. The van der Waals surface area contributed by atoms with Gasteiger partial charge in [-0.1, -0.05) is 12.1 Å². The molecule has 28 heavy (non-hydrogen) atoms. The van der Waals surface area contributed by atoms with Crippen molar-refractivity contribution < 1.29 is 9.53 Å². The van der Waals surface area contributed by atoms with Crippen molar-refractivity contribution in [1.82, 2.24) is 15.1 Å². The molecule has 0 aliphatic carbocycles. The molecule has 1 unspecified atom stereocenters. The predicted octanol–water partition coefficient (Wildman–Crippen LogP) is 2.97. The number of aliphatic imine (C=N–C) groups is 1. The Labute approximate surface area is 185 Å². The molecule has 0 radical (unpaired) electrons. The third kappa shape index (κ3) is 5.17. The van der Waals surface area contributed by atoms with Crippen LogP contribution in [0.15, 0.2) is 29.3 Å². The predicted molar refractivity (Wildman–Crippen MR) is 123 cm³/mol. The lowest BCUT2D eigenvalue weighted by Gasteiger charge is -2.25. The second-order valence-electron chi connectivity index (χ2n) is 7.55. The largest absolute Gasteiger partial charge is 0.381 e. The van der Waals surface area contributed by atoms with Crippen LogP contribution < -0.4 is 5.32 Å². The van der Waals surface area contributed by atoms with Crippen LogP contribution in [-0.2, 0) is 11.3 Å². The van der Waals surface area contributed by atoms with Crippen LogP contribution in [0.5, 0.6) is 0 Å². The molecule has 3 rings (SSSR count). The monoisotopic (exact) mass is 500 g/mol. The third-order valence-electron chi connectivity index (χ3n) is 5.84. The van der Waals surface area contributed by atoms with E-state index in [2.05, 4.69) is 15.2 Å². The molecule has 0 saturated carbocycles. The lowest BCUT2D eigenvalue weighted by atomic mass is 9.87. The Morgan fingerprint density at radius 2 is 1.96 bits per heavy atom. The van der Waals surface area contributed by atoms with Gasteiger partial charge in [-0.05, 0) is 44.4 Å². The summed E-state index contributed by atoms with van der Waals surface area (Å²) in [7, 11) is 1.84. The zero-order chi connectivity index (χ0) is 19.3. The van der Waals surface area contributed by atoms with Crippen molar-refractivity contribution >= 4 is 35.8 Å². The first-order valence-electron chi connectivity index (χ1n) is 10.0. The Morgan fingerprint density at radius 1 is 1.25 bits per heavy atom. The van der Waals surface area contributed by atoms with Crippen molar-refractivity contribution in [2.45, 2.75) is 33.2 Å². The fraction of sp³-hybridized carbons (Fsp3) is 0.619. The number of benzene rings is 1. The van der Waals surface area contributed by atoms with Crippen LogP contribution in [0.2, 0.25) is 0 Å². The van der Waals surface area contributed by atoms with Gasteiger partial charge in [-0.2, -0.15) is 0 Å². The molecule has 7 heteroatoms. The normalized spacial score (nSPS) is 21.7. The summed E-state index contributed by atoms with van der Waals surface area (Å²) in [5, 5.41) is 3.47. The summed E-state index contributed by atoms with van der Waals surface area (Å²) >= 11 is 0. The van der Waals surface area contributed by atoms with E-state index in [1.54, 1.807) is 0 Å². The molecule has 1 atom stereocenters. The molecule has 2 saturated heterocycles. The summed E-state index contributed by atoms with van der Waals surface area (Å²) in [4.78, 5) is 21.0. The van der Waals surface area contributed by atoms with Crippen LogP contribution in [0.25, 0.3) is 0 Å². The first kappa shape index (κ1) is 22.9. The first-order valence-corrected chi connectivity index (χ1v) is 10.0. The molecule has 6 nitrogen and oxygen atoms in total. The number of carbonyl (C=O) groups is 1. The average molecular weight is 500 g/mol. The fourth-order valence-corrected chi connectivity index (χ4v) is 4.06. The fourth-order valence-electron chi connectivity index (χ4n) is 4.06. The number of halogens is 1. The van der Waals surface area contributed by atoms with Gasteiger partial charge in [0.05, 0.1) is 6.61 Å². The Kier molecular flexibility index (Phi) is 8.55. The number of amides is 1. The van der Waals surface area contributed by atoms with E-state index in [1.165, 1.54) is 6.42 Å². The highest BCUT2D eigenvalue weighted by Gasteiger charge is 2.42. The molecule has 2 aliphatic rings. The molecule has 1 aromatic carbocycles. The molecular weight excluding hydrogens is 467 g/mol. The first-order chi connectivity index (χ1) is 13.1. The lowest BCUT2D eigenvalue weighted by Crippen LogP contribution is -2.41. The van der Waals surface area contributed by atoms with Gasteiger partial charge in [0.2, 0.25) is 0 Å². The Balaban J connectivity index is 0.00000280. The van der Waals surface area contributed by atoms with Crippen LogP contribution in [0.4, 0.5) is 0 Å². The molecule has 0 bridgehead atoms. The van der Waals surface area contributed by atoms with Gasteiger partial charge in [0.1, 0.15) is 0 Å². The highest BCUT2D eigenvalue weighted by atomic mass is 127. The molecule has 1 N–H and O–H groups in total. The smallest absolute Gasteiger partial charge is 0.253 e. The number of nitrogens with one attached hydrogen (secondary N) is 1. The number of hydrogen-bond acceptors (Lipinski definition) is 3. The third-order valence-corrected chi connectivity index (χ3v) is 5.84. The van der Waals surface area contributed by atoms with Crippen LogP contribution in [-0.4, -0.2) is 68.1 Å². The van der Waals surface area contributed by atoms with Gasteiger partial charge in [0.15, 0.2) is 5.96 Å². The maximum atomic E-state index is 12.4. The standard InChI is InChI=1S/C21H32N4O2.HI/c1-4-24(5-2)19(26)18-8-6-17(7-9-18)14-23-20(22-3)25-12-10-21(15-25)11-13-27-16-21;/h6-9H,4-5,10-16H2,1-3H3,(H,22,23);1H. The number of carbonyl (C=O) groups excluding carboxylic acids is 1. The average Bonchev–Trinajstić information content (AvgIpc) is 3.34. The zero-order valence-electron chi connectivity index (χ0n) is 17.2. The maximum absolute atomic E-state index is 12.4. The molecule has 2 fully saturated rings. The second kappa shape index (κ2) is 10.4. The Bertz CT molecular complexity index is 667. The van der Waals surface area contributed by atoms with Crippen molar-refractivity contribution in [2.75, 3.05) is 46.4 Å². The number of likely N-dealkylation sites (tertiary alicyclic amines) is 1. The maximum Gasteiger partial charge on any atom is 0.253 e. The highest BCUT2D eigenvalue weighted by molar-refractivity contribution is 14.0. The van der Waals surface area contributed by atoms with Crippen LogP contribution in [0.1, 0.15) is 42.6 Å². The van der Waals surface area contributed by atoms with Gasteiger partial charge in [0, 0.05) is 57.4 Å². The van der Waals surface area contributed by atoms with Gasteiger partial charge in [-0.3, -0.25) is 9.79 Å². The van der Waals surface area contributed by atoms with Gasteiger partial charge < -0.3 is 19.9 Å².